The quantitative estimate of drug-likeness (QED) is 0.484. The predicted octanol–water partition coefficient (Wildman–Crippen LogP) is 4.39. The molecule has 3 aromatic heterocycles. The average Bonchev–Trinajstić information content (AvgIpc) is 3.21. The minimum Gasteiger partial charge on any atom is -0.270 e. The number of para-hydroxylation sites is 1. The molecule has 0 aliphatic rings. The van der Waals surface area contributed by atoms with Gasteiger partial charge >= 0.3 is 6.18 Å². The van der Waals surface area contributed by atoms with Crippen molar-refractivity contribution < 1.29 is 13.2 Å². The van der Waals surface area contributed by atoms with Crippen LogP contribution < -0.4 is 0 Å². The molecule has 6 nitrogen and oxygen atoms in total. The fraction of sp³-hybridized carbons (Fsp3) is 0.250. The van der Waals surface area contributed by atoms with E-state index in [1.54, 1.807) is 17.1 Å². The maximum atomic E-state index is 13.3. The molecule has 0 bridgehead atoms. The summed E-state index contributed by atoms with van der Waals surface area (Å²) in [5, 5.41) is 8.52. The molecule has 0 amide bonds. The van der Waals surface area contributed by atoms with E-state index in [0.717, 1.165) is 6.07 Å². The molecule has 0 atom stereocenters. The van der Waals surface area contributed by atoms with Gasteiger partial charge in [0.05, 0.1) is 22.8 Å². The SMILES string of the molecule is CC(C)n1cc(-c2nc3c4cccc(C(F)(F)F)c4nc(Cl)n3n2)cn1. The zero-order valence-electron chi connectivity index (χ0n) is 13.7. The summed E-state index contributed by atoms with van der Waals surface area (Å²) in [6, 6.07) is 3.94. The Labute approximate surface area is 150 Å². The molecule has 26 heavy (non-hydrogen) atoms. The van der Waals surface area contributed by atoms with Gasteiger partial charge in [0.25, 0.3) is 0 Å². The second-order valence-electron chi connectivity index (χ2n) is 6.05. The Kier molecular flexibility index (Phi) is 3.65. The van der Waals surface area contributed by atoms with Crippen molar-refractivity contribution in [3.05, 3.63) is 41.4 Å². The highest BCUT2D eigenvalue weighted by molar-refractivity contribution is 6.29. The molecular formula is C16H12ClF3N6. The van der Waals surface area contributed by atoms with Gasteiger partial charge in [-0.1, -0.05) is 6.07 Å². The van der Waals surface area contributed by atoms with Crippen LogP contribution in [0.4, 0.5) is 13.2 Å². The highest BCUT2D eigenvalue weighted by atomic mass is 35.5. The summed E-state index contributed by atoms with van der Waals surface area (Å²) in [4.78, 5) is 8.27. The molecule has 1 aromatic carbocycles. The lowest BCUT2D eigenvalue weighted by molar-refractivity contribution is -0.136. The summed E-state index contributed by atoms with van der Waals surface area (Å²) in [5.41, 5.74) is -0.275. The Hall–Kier alpha value is -2.68. The van der Waals surface area contributed by atoms with Gasteiger partial charge < -0.3 is 0 Å². The van der Waals surface area contributed by atoms with E-state index in [1.807, 2.05) is 13.8 Å². The van der Waals surface area contributed by atoms with E-state index in [1.165, 1.54) is 16.6 Å². The predicted molar refractivity (Wildman–Crippen MR) is 89.9 cm³/mol. The number of aromatic nitrogens is 6. The number of hydrogen-bond acceptors (Lipinski definition) is 4. The topological polar surface area (TPSA) is 60.9 Å². The maximum Gasteiger partial charge on any atom is 0.418 e. The van der Waals surface area contributed by atoms with Crippen molar-refractivity contribution in [2.24, 2.45) is 0 Å². The third-order valence-electron chi connectivity index (χ3n) is 3.96. The summed E-state index contributed by atoms with van der Waals surface area (Å²) in [6.07, 6.45) is -1.18. The lowest BCUT2D eigenvalue weighted by Crippen LogP contribution is -2.07. The molecule has 0 fully saturated rings. The van der Waals surface area contributed by atoms with Crippen molar-refractivity contribution in [2.75, 3.05) is 0 Å². The van der Waals surface area contributed by atoms with Crippen LogP contribution in [-0.4, -0.2) is 29.4 Å². The van der Waals surface area contributed by atoms with Gasteiger partial charge in [0, 0.05) is 17.6 Å². The van der Waals surface area contributed by atoms with Gasteiger partial charge in [-0.25, -0.2) is 9.97 Å². The Morgan fingerprint density at radius 3 is 2.58 bits per heavy atom. The zero-order valence-corrected chi connectivity index (χ0v) is 14.4. The Balaban J connectivity index is 1.98. The van der Waals surface area contributed by atoms with Gasteiger partial charge in [0.2, 0.25) is 5.28 Å². The Bertz CT molecular complexity index is 1130. The van der Waals surface area contributed by atoms with Crippen LogP contribution in [0.5, 0.6) is 0 Å². The second-order valence-corrected chi connectivity index (χ2v) is 6.39. The molecule has 0 saturated carbocycles. The molecule has 10 heteroatoms. The normalized spacial score (nSPS) is 12.6. The van der Waals surface area contributed by atoms with Crippen molar-refractivity contribution in [3.63, 3.8) is 0 Å². The first-order chi connectivity index (χ1) is 12.3. The van der Waals surface area contributed by atoms with Crippen molar-refractivity contribution in [3.8, 4) is 11.4 Å². The van der Waals surface area contributed by atoms with E-state index >= 15 is 0 Å². The summed E-state index contributed by atoms with van der Waals surface area (Å²) in [6.45, 7) is 3.95. The molecule has 4 aromatic rings. The summed E-state index contributed by atoms with van der Waals surface area (Å²) in [7, 11) is 0. The summed E-state index contributed by atoms with van der Waals surface area (Å²) >= 11 is 6.08. The molecule has 3 heterocycles. The first-order valence-electron chi connectivity index (χ1n) is 7.72. The number of nitrogens with zero attached hydrogens (tertiary/aromatic N) is 6. The van der Waals surface area contributed by atoms with Gasteiger partial charge in [-0.2, -0.15) is 22.8 Å². The molecule has 0 aliphatic heterocycles. The fourth-order valence-electron chi connectivity index (χ4n) is 2.69. The summed E-state index contributed by atoms with van der Waals surface area (Å²) in [5.74, 6) is 0.311. The van der Waals surface area contributed by atoms with E-state index in [9.17, 15) is 13.2 Å². The molecule has 134 valence electrons. The van der Waals surface area contributed by atoms with Gasteiger partial charge in [0.1, 0.15) is 0 Å². The standard InChI is InChI=1S/C16H12ClF3N6/c1-8(2)25-7-9(6-21-25)13-23-14-10-4-3-5-11(16(18,19)20)12(10)22-15(17)26(14)24-13/h3-8H,1-2H3. The molecule has 0 spiro atoms. The van der Waals surface area contributed by atoms with Crippen LogP contribution in [0.15, 0.2) is 30.6 Å². The van der Waals surface area contributed by atoms with Crippen LogP contribution in [-0.2, 0) is 6.18 Å². The number of halogens is 4. The number of hydrogen-bond donors (Lipinski definition) is 0. The first-order valence-corrected chi connectivity index (χ1v) is 8.10. The lowest BCUT2D eigenvalue weighted by atomic mass is 10.1. The number of fused-ring (bicyclic) bond motifs is 3. The molecule has 0 saturated heterocycles. The second kappa shape index (κ2) is 5.66. The molecule has 0 aliphatic carbocycles. The Morgan fingerprint density at radius 2 is 1.92 bits per heavy atom. The van der Waals surface area contributed by atoms with Crippen molar-refractivity contribution in [2.45, 2.75) is 26.1 Å². The number of rotatable bonds is 2. The minimum atomic E-state index is -4.55. The van der Waals surface area contributed by atoms with Crippen LogP contribution >= 0.6 is 11.6 Å². The van der Waals surface area contributed by atoms with Crippen molar-refractivity contribution >= 4 is 28.2 Å². The van der Waals surface area contributed by atoms with Gasteiger partial charge in [-0.3, -0.25) is 4.68 Å². The average molecular weight is 381 g/mol. The largest absolute Gasteiger partial charge is 0.418 e. The van der Waals surface area contributed by atoms with E-state index in [0.29, 0.717) is 11.4 Å². The van der Waals surface area contributed by atoms with Crippen molar-refractivity contribution in [1.82, 2.24) is 29.4 Å². The van der Waals surface area contributed by atoms with Crippen LogP contribution in [0.25, 0.3) is 27.9 Å². The van der Waals surface area contributed by atoms with Crippen LogP contribution in [0.3, 0.4) is 0 Å². The molecular weight excluding hydrogens is 369 g/mol. The highest BCUT2D eigenvalue weighted by Crippen LogP contribution is 2.35. The van der Waals surface area contributed by atoms with E-state index in [-0.39, 0.29) is 27.9 Å². The lowest BCUT2D eigenvalue weighted by Gasteiger charge is -2.10. The van der Waals surface area contributed by atoms with Crippen LogP contribution in [0, 0.1) is 0 Å². The first kappa shape index (κ1) is 16.8. The van der Waals surface area contributed by atoms with Gasteiger partial charge in [-0.15, -0.1) is 5.10 Å². The number of benzene rings is 1. The molecule has 4 rings (SSSR count). The van der Waals surface area contributed by atoms with Gasteiger partial charge in [0.15, 0.2) is 11.5 Å². The minimum absolute atomic E-state index is 0.154. The monoisotopic (exact) mass is 380 g/mol. The molecule has 0 unspecified atom stereocenters. The smallest absolute Gasteiger partial charge is 0.270 e. The zero-order chi connectivity index (χ0) is 18.6. The fourth-order valence-corrected chi connectivity index (χ4v) is 2.89. The highest BCUT2D eigenvalue weighted by Gasteiger charge is 2.34. The third-order valence-corrected chi connectivity index (χ3v) is 4.20. The maximum absolute atomic E-state index is 13.3. The van der Waals surface area contributed by atoms with E-state index in [4.69, 9.17) is 11.6 Å². The van der Waals surface area contributed by atoms with Crippen LogP contribution in [0.1, 0.15) is 25.5 Å². The molecule has 0 N–H and O–H groups in total. The Morgan fingerprint density at radius 1 is 1.15 bits per heavy atom. The van der Waals surface area contributed by atoms with Crippen LogP contribution in [0.2, 0.25) is 5.28 Å². The van der Waals surface area contributed by atoms with E-state index < -0.39 is 11.7 Å². The van der Waals surface area contributed by atoms with E-state index in [2.05, 4.69) is 20.2 Å². The molecule has 0 radical (unpaired) electrons. The number of alkyl halides is 3. The summed E-state index contributed by atoms with van der Waals surface area (Å²) < 4.78 is 42.7. The van der Waals surface area contributed by atoms with Crippen molar-refractivity contribution in [1.29, 1.82) is 0 Å². The van der Waals surface area contributed by atoms with Gasteiger partial charge in [-0.05, 0) is 37.6 Å². The third kappa shape index (κ3) is 2.59.